The first-order chi connectivity index (χ1) is 57.5. The maximum Gasteiger partial charge on any atom is 0.470 e. The summed E-state index contributed by atoms with van der Waals surface area (Å²) in [6.07, 6.45) is 66.4. The van der Waals surface area contributed by atoms with Gasteiger partial charge in [0.1, 0.15) is 36.6 Å². The van der Waals surface area contributed by atoms with Crippen molar-refractivity contribution in [3.8, 4) is 0 Å². The Labute approximate surface area is 723 Å². The van der Waals surface area contributed by atoms with Crippen molar-refractivity contribution in [1.29, 1.82) is 0 Å². The normalized spacial score (nSPS) is 16.4. The summed E-state index contributed by atoms with van der Waals surface area (Å²) in [6, 6.07) is -1.58. The van der Waals surface area contributed by atoms with E-state index in [-0.39, 0.29) is 57.1 Å². The van der Waals surface area contributed by atoms with Gasteiger partial charge in [-0.3, -0.25) is 33.3 Å². The van der Waals surface area contributed by atoms with E-state index in [1.54, 1.807) is 0 Å². The van der Waals surface area contributed by atoms with Gasteiger partial charge in [-0.25, -0.2) is 4.57 Å². The Hall–Kier alpha value is -3.19. The zero-order valence-electron chi connectivity index (χ0n) is 77.3. The second kappa shape index (κ2) is 83.4. The van der Waals surface area contributed by atoms with E-state index in [0.29, 0.717) is 44.9 Å². The van der Waals surface area contributed by atoms with Crippen LogP contribution in [0.3, 0.4) is 0 Å². The van der Waals surface area contributed by atoms with Crippen LogP contribution in [-0.2, 0) is 66.3 Å². The fourth-order valence-corrected chi connectivity index (χ4v) is 17.1. The van der Waals surface area contributed by atoms with Crippen molar-refractivity contribution in [3.63, 3.8) is 0 Å². The summed E-state index contributed by atoms with van der Waals surface area (Å²) >= 11 is 0. The van der Waals surface area contributed by atoms with Gasteiger partial charge in [-0.15, -0.1) is 0 Å². The van der Waals surface area contributed by atoms with Crippen LogP contribution in [0.5, 0.6) is 0 Å². The van der Waals surface area contributed by atoms with Crippen LogP contribution in [0.25, 0.3) is 0 Å². The Morgan fingerprint density at radius 1 is 0.331 bits per heavy atom. The Morgan fingerprint density at radius 2 is 0.585 bits per heavy atom. The van der Waals surface area contributed by atoms with Gasteiger partial charge in [0.15, 0.2) is 12.4 Å². The van der Waals surface area contributed by atoms with Gasteiger partial charge in [0.25, 0.3) is 0 Å². The van der Waals surface area contributed by atoms with Gasteiger partial charge in [-0.1, -0.05) is 427 Å². The average Bonchev–Trinajstić information content (AvgIpc) is 0.780. The predicted molar refractivity (Wildman–Crippen MR) is 483 cm³/mol. The van der Waals surface area contributed by atoms with Gasteiger partial charge in [0, 0.05) is 25.8 Å². The average molecular weight is 1700 g/mol. The number of aliphatic hydroxyl groups is 1. The summed E-state index contributed by atoms with van der Waals surface area (Å²) < 4.78 is 55.9. The van der Waals surface area contributed by atoms with E-state index >= 15 is 0 Å². The zero-order valence-corrected chi connectivity index (χ0v) is 78.2. The molecule has 696 valence electrons. The van der Waals surface area contributed by atoms with Crippen molar-refractivity contribution in [2.75, 3.05) is 19.8 Å². The van der Waals surface area contributed by atoms with Crippen LogP contribution in [0.15, 0.2) is 0 Å². The van der Waals surface area contributed by atoms with E-state index < -0.39 is 93.6 Å². The summed E-state index contributed by atoms with van der Waals surface area (Å²) in [6.45, 7) is 12.1. The van der Waals surface area contributed by atoms with Gasteiger partial charge in [-0.2, -0.15) is 0 Å². The van der Waals surface area contributed by atoms with Crippen molar-refractivity contribution in [1.82, 2.24) is 10.6 Å². The quantitative estimate of drug-likeness (QED) is 0.0164. The molecule has 0 bridgehead atoms. The van der Waals surface area contributed by atoms with E-state index in [0.717, 1.165) is 148 Å². The molecule has 5 N–H and O–H groups in total. The van der Waals surface area contributed by atoms with Crippen LogP contribution in [0.4, 0.5) is 0 Å². The van der Waals surface area contributed by atoms with Crippen molar-refractivity contribution >= 4 is 43.5 Å². The molecule has 2 amide bonds. The Morgan fingerprint density at radius 3 is 0.856 bits per heavy atom. The number of nitrogens with one attached hydrogen (secondary N) is 2. The summed E-state index contributed by atoms with van der Waals surface area (Å²) in [5.74, 6) is -3.13. The monoisotopic (exact) mass is 1700 g/mol. The van der Waals surface area contributed by atoms with Gasteiger partial charge in [0.2, 0.25) is 11.8 Å². The van der Waals surface area contributed by atoms with Crippen LogP contribution >= 0.6 is 7.82 Å². The van der Waals surface area contributed by atoms with Crippen molar-refractivity contribution in [2.24, 2.45) is 0 Å². The molecule has 1 heterocycles. The van der Waals surface area contributed by atoms with Crippen molar-refractivity contribution < 1.29 is 81.2 Å². The Bertz CT molecular complexity index is 2350. The van der Waals surface area contributed by atoms with E-state index in [4.69, 9.17) is 32.9 Å². The molecule has 1 rings (SSSR count). The summed E-state index contributed by atoms with van der Waals surface area (Å²) in [4.78, 5) is 106. The lowest BCUT2D eigenvalue weighted by molar-refractivity contribution is -0.270. The molecule has 0 aliphatic carbocycles. The number of carbonyl (C=O) groups is 6. The number of esters is 4. The molecule has 19 nitrogen and oxygen atoms in total. The lowest BCUT2D eigenvalue weighted by Gasteiger charge is -2.45. The Kier molecular flexibility index (Phi) is 79.7. The molecule has 0 radical (unpaired) electrons. The number of amides is 2. The van der Waals surface area contributed by atoms with Gasteiger partial charge < -0.3 is 53.9 Å². The minimum atomic E-state index is -5.48. The molecule has 8 atom stereocenters. The summed E-state index contributed by atoms with van der Waals surface area (Å²) in [7, 11) is -5.48. The van der Waals surface area contributed by atoms with E-state index in [9.17, 15) is 48.2 Å². The van der Waals surface area contributed by atoms with E-state index in [1.807, 2.05) is 0 Å². The fourth-order valence-electron chi connectivity index (χ4n) is 16.5. The zero-order chi connectivity index (χ0) is 86.1. The highest BCUT2D eigenvalue weighted by Gasteiger charge is 2.52. The molecule has 118 heavy (non-hydrogen) atoms. The summed E-state index contributed by atoms with van der Waals surface area (Å²) in [5.41, 5.74) is 0. The molecular weight excluding hydrogens is 1510 g/mol. The van der Waals surface area contributed by atoms with E-state index in [2.05, 4.69) is 52.2 Å². The maximum absolute atomic E-state index is 15.0. The number of ether oxygens (including phenoxy) is 6. The number of phosphoric ester groups is 1. The maximum atomic E-state index is 15.0. The third kappa shape index (κ3) is 71.1. The van der Waals surface area contributed by atoms with Crippen LogP contribution in [-0.4, -0.2) is 119 Å². The van der Waals surface area contributed by atoms with Crippen LogP contribution in [0, 0.1) is 0 Å². The van der Waals surface area contributed by atoms with Crippen LogP contribution in [0.1, 0.15) is 523 Å². The minimum absolute atomic E-state index is 0.0783. The number of phosphoric acid groups is 1. The lowest BCUT2D eigenvalue weighted by atomic mass is 9.96. The highest BCUT2D eigenvalue weighted by Crippen LogP contribution is 2.43. The highest BCUT2D eigenvalue weighted by atomic mass is 31.2. The lowest BCUT2D eigenvalue weighted by Crippen LogP contribution is -2.66. The molecule has 0 aromatic rings. The molecule has 1 fully saturated rings. The number of rotatable bonds is 90. The molecular formula is C98H187N2O17P. The first-order valence-electron chi connectivity index (χ1n) is 50.5. The van der Waals surface area contributed by atoms with Crippen LogP contribution < -0.4 is 10.6 Å². The second-order valence-electron chi connectivity index (χ2n) is 35.3. The minimum Gasteiger partial charge on any atom is -0.462 e. The number of hydrogen-bond donors (Lipinski definition) is 5. The molecule has 0 saturated carbocycles. The first-order valence-corrected chi connectivity index (χ1v) is 52.0. The molecule has 0 aromatic carbocycles. The van der Waals surface area contributed by atoms with Crippen LogP contribution in [0.2, 0.25) is 0 Å². The number of aliphatic hydroxyl groups excluding tert-OH is 1. The number of hydrogen-bond acceptors (Lipinski definition) is 15. The molecule has 0 unspecified atom stereocenters. The molecule has 1 saturated heterocycles. The smallest absolute Gasteiger partial charge is 0.462 e. The highest BCUT2D eigenvalue weighted by molar-refractivity contribution is 7.46. The first kappa shape index (κ1) is 113. The second-order valence-corrected chi connectivity index (χ2v) is 36.5. The predicted octanol–water partition coefficient (Wildman–Crippen LogP) is 26.8. The number of unbranched alkanes of at least 4 members (excludes halogenated alkanes) is 60. The third-order valence-corrected chi connectivity index (χ3v) is 24.4. The van der Waals surface area contributed by atoms with Crippen molar-refractivity contribution in [3.05, 3.63) is 0 Å². The molecule has 20 heteroatoms. The van der Waals surface area contributed by atoms with E-state index in [1.165, 1.54) is 250 Å². The fraction of sp³-hybridized carbons (Fsp3) is 0.939. The molecule has 1 aliphatic rings. The van der Waals surface area contributed by atoms with Crippen molar-refractivity contribution in [2.45, 2.75) is 572 Å². The molecule has 1 aliphatic heterocycles. The van der Waals surface area contributed by atoms with Gasteiger partial charge in [-0.05, 0) is 57.8 Å². The molecule has 0 aromatic heterocycles. The van der Waals surface area contributed by atoms with Gasteiger partial charge in [0.05, 0.1) is 32.5 Å². The third-order valence-electron chi connectivity index (χ3n) is 23.8. The Balaban J connectivity index is 3.65. The summed E-state index contributed by atoms with van der Waals surface area (Å²) in [5, 5.41) is 16.9. The standard InChI is InChI=1S/C98H187N2O17P/c1-7-13-19-25-31-37-40-42-43-45-48-54-60-65-71-77-92(105)113-86(74-68-62-56-50-35-29-23-17-11-5)82-90(103)100-95-97(116-94(107)83-87(75-69-63-57-51-36-30-24-18-12-6)114-93(106)78-72-66-58-52-46-39-33-27-21-15-9-3)96(117-118(108,109)110)88(84-101)115-98(95)111-80-79-99-89(102)81-85(73-67-61-55-49-34-28-22-16-10-4)112-91(104)76-70-64-59-53-47-44-41-38-32-26-20-14-8-2/h85-88,95-98,101H,7-84H2,1-6H3,(H,99,102)(H,100,103)(H2,108,109,110)/t85-,86-,87-,88-,95-,96-,97-,98+/m1/s1. The molecule has 0 spiro atoms. The number of carbonyl (C=O) groups excluding carboxylic acids is 6. The largest absolute Gasteiger partial charge is 0.470 e. The van der Waals surface area contributed by atoms with Gasteiger partial charge >= 0.3 is 31.7 Å². The SMILES string of the molecule is CCCCCCCCCCCCCCCCCC(=O)O[C@H](CCCCCCCCCCC)CC(=O)N[C@H]1[C@@H](OCCNC(=O)C[C@@H](CCCCCCCCCCC)OC(=O)CCCCCCCCCCCCCCC)O[C@H](CO)[C@@H](OP(=O)(O)O)[C@@H]1OC(=O)C[C@@H](CCCCCCCCCCC)OC(=O)CCCCCCCCCCCCC. The topological polar surface area (TPSA) is 269 Å².